The second kappa shape index (κ2) is 14.9. The quantitative estimate of drug-likeness (QED) is 0.154. The molecule has 0 spiro atoms. The molecule has 7 nitrogen and oxygen atoms in total. The third-order valence-electron chi connectivity index (χ3n) is 10.8. The Morgan fingerprint density at radius 2 is 0.600 bits per heavy atom. The lowest BCUT2D eigenvalue weighted by Crippen LogP contribution is -2.03. The molecule has 60 heavy (non-hydrogen) atoms. The van der Waals surface area contributed by atoms with Crippen molar-refractivity contribution in [3.8, 4) is 79.4 Å². The molecule has 3 heterocycles. The summed E-state index contributed by atoms with van der Waals surface area (Å²) in [6.07, 6.45) is 0. The van der Waals surface area contributed by atoms with Crippen molar-refractivity contribution in [3.05, 3.63) is 212 Å². The maximum Gasteiger partial charge on any atom is 0.164 e. The third-order valence-corrected chi connectivity index (χ3v) is 10.8. The zero-order valence-electron chi connectivity index (χ0n) is 32.3. The van der Waals surface area contributed by atoms with Crippen molar-refractivity contribution in [1.29, 1.82) is 0 Å². The smallest absolute Gasteiger partial charge is 0.164 e. The topological polar surface area (TPSA) is 74.3 Å². The molecule has 0 radical (unpaired) electrons. The predicted molar refractivity (Wildman–Crippen MR) is 242 cm³/mol. The van der Waals surface area contributed by atoms with Gasteiger partial charge in [0.15, 0.2) is 17.5 Å². The molecule has 0 amide bonds. The molecule has 0 fully saturated rings. The maximum atomic E-state index is 5.24. The van der Waals surface area contributed by atoms with Crippen LogP contribution in [0.2, 0.25) is 0 Å². The van der Waals surface area contributed by atoms with E-state index in [0.29, 0.717) is 17.5 Å². The van der Waals surface area contributed by atoms with Crippen LogP contribution in [0.5, 0.6) is 0 Å². The van der Waals surface area contributed by atoms with Gasteiger partial charge in [-0.25, -0.2) is 24.9 Å². The summed E-state index contributed by atoms with van der Waals surface area (Å²) in [7, 11) is 0. The summed E-state index contributed by atoms with van der Waals surface area (Å²) in [6, 6.07) is 72.6. The molecule has 0 N–H and O–H groups in total. The Bertz CT molecular complexity index is 3140. The van der Waals surface area contributed by atoms with E-state index in [0.717, 1.165) is 84.0 Å². The van der Waals surface area contributed by atoms with Gasteiger partial charge in [-0.3, -0.25) is 9.13 Å². The third kappa shape index (κ3) is 6.40. The van der Waals surface area contributed by atoms with Gasteiger partial charge in [0.1, 0.15) is 11.6 Å². The zero-order valence-corrected chi connectivity index (χ0v) is 32.3. The van der Waals surface area contributed by atoms with E-state index in [9.17, 15) is 0 Å². The van der Waals surface area contributed by atoms with E-state index in [2.05, 4.69) is 167 Å². The van der Waals surface area contributed by atoms with E-state index >= 15 is 0 Å². The van der Waals surface area contributed by atoms with Crippen LogP contribution in [0.15, 0.2) is 212 Å². The number of rotatable bonds is 8. The number of aromatic nitrogens is 7. The zero-order chi connectivity index (χ0) is 39.8. The Morgan fingerprint density at radius 1 is 0.250 bits per heavy atom. The predicted octanol–water partition coefficient (Wildman–Crippen LogP) is 12.6. The Hall–Kier alpha value is -8.29. The van der Waals surface area contributed by atoms with Crippen molar-refractivity contribution in [2.45, 2.75) is 0 Å². The number of benzene rings is 8. The van der Waals surface area contributed by atoms with E-state index in [-0.39, 0.29) is 0 Å². The molecule has 0 bridgehead atoms. The standard InChI is InChI=1S/C53H35N7/c1-4-17-36(18-5-1)39-23-14-24-40(33-39)49-56-50(41-25-15-27-43(34-41)59-47-31-12-10-29-45(47)54-52(59)37-19-6-2-7-20-37)58-51(57-49)42-26-16-28-44(35-42)60-48-32-13-11-30-46(48)55-53(60)38-21-8-3-9-22-38/h1-35H. The molecular formula is C53H35N7. The molecule has 0 aliphatic heterocycles. The Morgan fingerprint density at radius 3 is 1.07 bits per heavy atom. The summed E-state index contributed by atoms with van der Waals surface area (Å²) in [5, 5.41) is 0. The van der Waals surface area contributed by atoms with Gasteiger partial charge in [-0.05, 0) is 65.7 Å². The fraction of sp³-hybridized carbons (Fsp3) is 0. The molecule has 0 atom stereocenters. The minimum absolute atomic E-state index is 0.566. The van der Waals surface area contributed by atoms with Gasteiger partial charge < -0.3 is 0 Å². The average Bonchev–Trinajstić information content (AvgIpc) is 3.92. The fourth-order valence-electron chi connectivity index (χ4n) is 7.94. The summed E-state index contributed by atoms with van der Waals surface area (Å²) in [5.74, 6) is 3.44. The first-order valence-corrected chi connectivity index (χ1v) is 19.9. The van der Waals surface area contributed by atoms with Gasteiger partial charge in [0.25, 0.3) is 0 Å². The number of imidazole rings is 2. The van der Waals surface area contributed by atoms with Crippen LogP contribution >= 0.6 is 0 Å². The lowest BCUT2D eigenvalue weighted by molar-refractivity contribution is 1.06. The van der Waals surface area contributed by atoms with Gasteiger partial charge in [-0.1, -0.05) is 158 Å². The Kier molecular flexibility index (Phi) is 8.67. The number of hydrogen-bond donors (Lipinski definition) is 0. The van der Waals surface area contributed by atoms with E-state index in [1.165, 1.54) is 0 Å². The highest BCUT2D eigenvalue weighted by Crippen LogP contribution is 2.34. The van der Waals surface area contributed by atoms with Crippen molar-refractivity contribution in [3.63, 3.8) is 0 Å². The highest BCUT2D eigenvalue weighted by Gasteiger charge is 2.19. The van der Waals surface area contributed by atoms with Gasteiger partial charge in [-0.15, -0.1) is 0 Å². The lowest BCUT2D eigenvalue weighted by Gasteiger charge is -2.14. The minimum Gasteiger partial charge on any atom is -0.292 e. The van der Waals surface area contributed by atoms with Crippen LogP contribution in [0.4, 0.5) is 0 Å². The first kappa shape index (κ1) is 34.9. The molecule has 0 saturated heterocycles. The molecule has 0 aliphatic rings. The molecule has 8 aromatic carbocycles. The second-order valence-corrected chi connectivity index (χ2v) is 14.6. The van der Waals surface area contributed by atoms with Crippen LogP contribution in [0.1, 0.15) is 0 Å². The van der Waals surface area contributed by atoms with Crippen molar-refractivity contribution >= 4 is 22.1 Å². The van der Waals surface area contributed by atoms with Crippen LogP contribution < -0.4 is 0 Å². The molecule has 11 rings (SSSR count). The monoisotopic (exact) mass is 769 g/mol. The SMILES string of the molecule is c1ccc(-c2cccc(-c3nc(-c4cccc(-n5c(-c6ccccc6)nc6ccccc65)c4)nc(-c4cccc(-n5c(-c6ccccc6)nc6ccccc65)c4)n3)c2)cc1. The van der Waals surface area contributed by atoms with Gasteiger partial charge in [0, 0.05) is 39.2 Å². The van der Waals surface area contributed by atoms with Gasteiger partial charge in [0.2, 0.25) is 0 Å². The van der Waals surface area contributed by atoms with Crippen LogP contribution in [0.25, 0.3) is 102 Å². The highest BCUT2D eigenvalue weighted by atomic mass is 15.1. The normalized spacial score (nSPS) is 11.3. The molecular weight excluding hydrogens is 735 g/mol. The first-order chi connectivity index (χ1) is 29.7. The number of nitrogens with zero attached hydrogens (tertiary/aromatic N) is 7. The summed E-state index contributed by atoms with van der Waals surface area (Å²) >= 11 is 0. The van der Waals surface area contributed by atoms with Gasteiger partial charge in [0.05, 0.1) is 22.1 Å². The summed E-state index contributed by atoms with van der Waals surface area (Å²) in [6.45, 7) is 0. The minimum atomic E-state index is 0.566. The van der Waals surface area contributed by atoms with Crippen molar-refractivity contribution in [1.82, 2.24) is 34.1 Å². The molecule has 0 unspecified atom stereocenters. The molecule has 0 saturated carbocycles. The van der Waals surface area contributed by atoms with Crippen molar-refractivity contribution in [2.24, 2.45) is 0 Å². The Balaban J connectivity index is 1.09. The van der Waals surface area contributed by atoms with Crippen LogP contribution in [0, 0.1) is 0 Å². The highest BCUT2D eigenvalue weighted by molar-refractivity contribution is 5.85. The number of fused-ring (bicyclic) bond motifs is 2. The lowest BCUT2D eigenvalue weighted by atomic mass is 10.0. The summed E-state index contributed by atoms with van der Waals surface area (Å²) in [5.41, 5.74) is 12.7. The largest absolute Gasteiger partial charge is 0.292 e. The summed E-state index contributed by atoms with van der Waals surface area (Å²) in [4.78, 5) is 25.8. The number of hydrogen-bond acceptors (Lipinski definition) is 5. The molecule has 11 aromatic rings. The molecule has 0 aliphatic carbocycles. The second-order valence-electron chi connectivity index (χ2n) is 14.6. The van der Waals surface area contributed by atoms with E-state index in [4.69, 9.17) is 24.9 Å². The molecule has 3 aromatic heterocycles. The maximum absolute atomic E-state index is 5.24. The van der Waals surface area contributed by atoms with E-state index < -0.39 is 0 Å². The Labute approximate surface area is 346 Å². The van der Waals surface area contributed by atoms with Crippen molar-refractivity contribution in [2.75, 3.05) is 0 Å². The van der Waals surface area contributed by atoms with Crippen LogP contribution in [0.3, 0.4) is 0 Å². The fourth-order valence-corrected chi connectivity index (χ4v) is 7.94. The average molecular weight is 770 g/mol. The molecule has 282 valence electrons. The van der Waals surface area contributed by atoms with Crippen LogP contribution in [-0.2, 0) is 0 Å². The van der Waals surface area contributed by atoms with Crippen molar-refractivity contribution < 1.29 is 0 Å². The van der Waals surface area contributed by atoms with Gasteiger partial charge >= 0.3 is 0 Å². The van der Waals surface area contributed by atoms with Crippen LogP contribution in [-0.4, -0.2) is 34.1 Å². The molecule has 7 heteroatoms. The van der Waals surface area contributed by atoms with E-state index in [1.807, 2.05) is 54.6 Å². The van der Waals surface area contributed by atoms with Gasteiger partial charge in [-0.2, -0.15) is 0 Å². The summed E-state index contributed by atoms with van der Waals surface area (Å²) < 4.78 is 4.42. The van der Waals surface area contributed by atoms with E-state index in [1.54, 1.807) is 0 Å². The first-order valence-electron chi connectivity index (χ1n) is 19.9. The number of para-hydroxylation sites is 4.